The molecule has 0 saturated heterocycles. The fourth-order valence-electron chi connectivity index (χ4n) is 3.70. The maximum atomic E-state index is 13.5. The van der Waals surface area contributed by atoms with Crippen molar-refractivity contribution >= 4 is 28.4 Å². The molecule has 0 aliphatic heterocycles. The van der Waals surface area contributed by atoms with Crippen LogP contribution in [0.1, 0.15) is 30.5 Å². The van der Waals surface area contributed by atoms with Gasteiger partial charge in [0.15, 0.2) is 6.10 Å². The van der Waals surface area contributed by atoms with Crippen LogP contribution >= 0.6 is 11.6 Å². The largest absolute Gasteiger partial charge is 0.367 e. The minimum absolute atomic E-state index is 0.297. The second kappa shape index (κ2) is 9.34. The number of aromatic nitrogens is 2. The Balaban J connectivity index is 1.79. The number of nitrogens with zero attached hydrogens (tertiary/aromatic N) is 2. The average molecular weight is 448 g/mol. The van der Waals surface area contributed by atoms with Crippen molar-refractivity contribution in [3.05, 3.63) is 106 Å². The maximum Gasteiger partial charge on any atom is 0.267 e. The standard InChI is InChI=1S/C25H22ClN3O3/c1-16(27-24(30)22(32-2)17-10-5-3-6-11-17)23-28-20-15-9-14-19(26)21(20)25(31)29(23)18-12-7-4-8-13-18/h3-16,22H,1-2H3,(H,27,30)/t16-,22-/m0/s1. The number of rotatable bonds is 6. The van der Waals surface area contributed by atoms with Crippen molar-refractivity contribution in [2.45, 2.75) is 19.1 Å². The lowest BCUT2D eigenvalue weighted by atomic mass is 10.1. The van der Waals surface area contributed by atoms with E-state index in [0.717, 1.165) is 5.56 Å². The topological polar surface area (TPSA) is 73.2 Å². The van der Waals surface area contributed by atoms with Gasteiger partial charge in [-0.05, 0) is 36.8 Å². The molecule has 1 aromatic heterocycles. The van der Waals surface area contributed by atoms with Gasteiger partial charge in [-0.25, -0.2) is 4.98 Å². The Morgan fingerprint density at radius 2 is 1.66 bits per heavy atom. The number of hydrogen-bond acceptors (Lipinski definition) is 4. The lowest BCUT2D eigenvalue weighted by Crippen LogP contribution is -2.36. The fraction of sp³-hybridized carbons (Fsp3) is 0.160. The highest BCUT2D eigenvalue weighted by molar-refractivity contribution is 6.35. The van der Waals surface area contributed by atoms with Crippen LogP contribution in [-0.4, -0.2) is 22.6 Å². The Hall–Kier alpha value is -3.48. The van der Waals surface area contributed by atoms with Crippen LogP contribution in [0.15, 0.2) is 83.7 Å². The van der Waals surface area contributed by atoms with Crippen LogP contribution in [0.25, 0.3) is 16.6 Å². The fourth-order valence-corrected chi connectivity index (χ4v) is 3.95. The summed E-state index contributed by atoms with van der Waals surface area (Å²) in [6.07, 6.45) is -0.787. The zero-order valence-corrected chi connectivity index (χ0v) is 18.4. The van der Waals surface area contributed by atoms with Gasteiger partial charge in [-0.3, -0.25) is 14.2 Å². The van der Waals surface area contributed by atoms with E-state index in [1.165, 1.54) is 11.7 Å². The Morgan fingerprint density at radius 1 is 1.00 bits per heavy atom. The normalized spacial score (nSPS) is 13.0. The van der Waals surface area contributed by atoms with Crippen LogP contribution in [-0.2, 0) is 9.53 Å². The number of amides is 1. The highest BCUT2D eigenvalue weighted by atomic mass is 35.5. The molecule has 0 aliphatic rings. The lowest BCUT2D eigenvalue weighted by molar-refractivity contribution is -0.132. The SMILES string of the molecule is CO[C@H](C(=O)N[C@@H](C)c1nc2cccc(Cl)c2c(=O)n1-c1ccccc1)c1ccccc1. The summed E-state index contributed by atoms with van der Waals surface area (Å²) in [6, 6.07) is 22.9. The molecule has 6 nitrogen and oxygen atoms in total. The zero-order chi connectivity index (χ0) is 22.7. The number of nitrogens with one attached hydrogen (secondary N) is 1. The van der Waals surface area contributed by atoms with Gasteiger partial charge in [0.1, 0.15) is 5.82 Å². The van der Waals surface area contributed by atoms with Crippen molar-refractivity contribution in [1.29, 1.82) is 0 Å². The molecule has 0 fully saturated rings. The molecule has 0 saturated carbocycles. The Morgan fingerprint density at radius 3 is 2.31 bits per heavy atom. The molecule has 7 heteroatoms. The van der Waals surface area contributed by atoms with Gasteiger partial charge < -0.3 is 10.1 Å². The van der Waals surface area contributed by atoms with Gasteiger partial charge in [0.2, 0.25) is 0 Å². The van der Waals surface area contributed by atoms with E-state index in [1.807, 2.05) is 60.7 Å². The Kier molecular flexibility index (Phi) is 6.35. The Labute approximate surface area is 190 Å². The van der Waals surface area contributed by atoms with Crippen LogP contribution in [0.2, 0.25) is 5.02 Å². The van der Waals surface area contributed by atoms with Gasteiger partial charge >= 0.3 is 0 Å². The second-order valence-corrected chi connectivity index (χ2v) is 7.74. The summed E-state index contributed by atoms with van der Waals surface area (Å²) in [5.41, 5.74) is 1.54. The van der Waals surface area contributed by atoms with Gasteiger partial charge in [-0.2, -0.15) is 0 Å². The summed E-state index contributed by atoms with van der Waals surface area (Å²) in [7, 11) is 1.48. The van der Waals surface area contributed by atoms with Gasteiger partial charge in [0.05, 0.1) is 27.7 Å². The van der Waals surface area contributed by atoms with Crippen LogP contribution in [0.5, 0.6) is 0 Å². The first-order chi connectivity index (χ1) is 15.5. The highest BCUT2D eigenvalue weighted by Crippen LogP contribution is 2.24. The number of halogens is 1. The molecule has 32 heavy (non-hydrogen) atoms. The predicted molar refractivity (Wildman–Crippen MR) is 125 cm³/mol. The summed E-state index contributed by atoms with van der Waals surface area (Å²) in [5.74, 6) is 0.0680. The molecule has 1 N–H and O–H groups in total. The van der Waals surface area contributed by atoms with E-state index in [0.29, 0.717) is 27.4 Å². The summed E-state index contributed by atoms with van der Waals surface area (Å²) < 4.78 is 6.93. The van der Waals surface area contributed by atoms with E-state index in [1.54, 1.807) is 25.1 Å². The van der Waals surface area contributed by atoms with Crippen molar-refractivity contribution in [2.75, 3.05) is 7.11 Å². The molecule has 4 rings (SSSR count). The monoisotopic (exact) mass is 447 g/mol. The molecule has 0 bridgehead atoms. The zero-order valence-electron chi connectivity index (χ0n) is 17.7. The van der Waals surface area contributed by atoms with Gasteiger partial charge in [-0.15, -0.1) is 0 Å². The molecule has 0 spiro atoms. The molecule has 0 aliphatic carbocycles. The Bertz CT molecular complexity index is 1310. The molecule has 1 heterocycles. The number of para-hydroxylation sites is 1. The van der Waals surface area contributed by atoms with Crippen LogP contribution < -0.4 is 10.9 Å². The first-order valence-electron chi connectivity index (χ1n) is 10.2. The number of carbonyl (C=O) groups excluding carboxylic acids is 1. The quantitative estimate of drug-likeness (QED) is 0.468. The van der Waals surface area contributed by atoms with Crippen LogP contribution in [0.3, 0.4) is 0 Å². The number of ether oxygens (including phenoxy) is 1. The van der Waals surface area contributed by atoms with E-state index in [-0.39, 0.29) is 11.5 Å². The van der Waals surface area contributed by atoms with Gasteiger partial charge in [-0.1, -0.05) is 66.2 Å². The van der Waals surface area contributed by atoms with Crippen molar-refractivity contribution in [1.82, 2.24) is 14.9 Å². The third-order valence-electron chi connectivity index (χ3n) is 5.21. The van der Waals surface area contributed by atoms with Crippen LogP contribution in [0, 0.1) is 0 Å². The molecular weight excluding hydrogens is 426 g/mol. The molecule has 162 valence electrons. The molecule has 0 radical (unpaired) electrons. The van der Waals surface area contributed by atoms with Crippen molar-refractivity contribution < 1.29 is 9.53 Å². The highest BCUT2D eigenvalue weighted by Gasteiger charge is 2.25. The van der Waals surface area contributed by atoms with E-state index in [9.17, 15) is 9.59 Å². The van der Waals surface area contributed by atoms with E-state index >= 15 is 0 Å². The summed E-state index contributed by atoms with van der Waals surface area (Å²) in [6.45, 7) is 1.78. The third kappa shape index (κ3) is 4.15. The van der Waals surface area contributed by atoms with Crippen LogP contribution in [0.4, 0.5) is 0 Å². The van der Waals surface area contributed by atoms with Crippen molar-refractivity contribution in [3.63, 3.8) is 0 Å². The predicted octanol–water partition coefficient (Wildman–Crippen LogP) is 4.60. The number of methoxy groups -OCH3 is 1. The second-order valence-electron chi connectivity index (χ2n) is 7.34. The molecule has 2 atom stereocenters. The molecule has 0 unspecified atom stereocenters. The van der Waals surface area contributed by atoms with Gasteiger partial charge in [0, 0.05) is 7.11 Å². The minimum atomic E-state index is -0.787. The van der Waals surface area contributed by atoms with Crippen molar-refractivity contribution in [3.8, 4) is 5.69 Å². The summed E-state index contributed by atoms with van der Waals surface area (Å²) in [5, 5.41) is 3.61. The molecule has 3 aromatic carbocycles. The average Bonchev–Trinajstić information content (AvgIpc) is 2.80. The molecular formula is C25H22ClN3O3. The summed E-state index contributed by atoms with van der Waals surface area (Å²) >= 11 is 6.33. The first kappa shape index (κ1) is 21.7. The van der Waals surface area contributed by atoms with Crippen molar-refractivity contribution in [2.24, 2.45) is 0 Å². The minimum Gasteiger partial charge on any atom is -0.367 e. The maximum absolute atomic E-state index is 13.5. The van der Waals surface area contributed by atoms with E-state index in [2.05, 4.69) is 5.32 Å². The molecule has 4 aromatic rings. The number of hydrogen-bond donors (Lipinski definition) is 1. The number of benzene rings is 3. The third-order valence-corrected chi connectivity index (χ3v) is 5.52. The lowest BCUT2D eigenvalue weighted by Gasteiger charge is -2.22. The van der Waals surface area contributed by atoms with E-state index < -0.39 is 12.1 Å². The van der Waals surface area contributed by atoms with E-state index in [4.69, 9.17) is 21.3 Å². The summed E-state index contributed by atoms with van der Waals surface area (Å²) in [4.78, 5) is 31.2. The first-order valence-corrected chi connectivity index (χ1v) is 10.5. The number of fused-ring (bicyclic) bond motifs is 1. The smallest absolute Gasteiger partial charge is 0.267 e. The number of carbonyl (C=O) groups is 1. The van der Waals surface area contributed by atoms with Gasteiger partial charge in [0.25, 0.3) is 11.5 Å². The molecule has 1 amide bonds.